The number of fused-ring (bicyclic) bond motifs is 6. The minimum atomic E-state index is 0.187. The lowest BCUT2D eigenvalue weighted by atomic mass is 9.77. The molecule has 0 heterocycles. The third kappa shape index (κ3) is 8.81. The van der Waals surface area contributed by atoms with Gasteiger partial charge in [0, 0.05) is 23.7 Å². The molecule has 10 unspecified atom stereocenters. The van der Waals surface area contributed by atoms with Gasteiger partial charge < -0.3 is 0 Å². The van der Waals surface area contributed by atoms with E-state index in [2.05, 4.69) is 95.7 Å². The van der Waals surface area contributed by atoms with Gasteiger partial charge in [0.05, 0.1) is 0 Å². The maximum Gasteiger partial charge on any atom is 0.134 e. The van der Waals surface area contributed by atoms with Gasteiger partial charge in [-0.3, -0.25) is 19.2 Å². The van der Waals surface area contributed by atoms with Gasteiger partial charge in [-0.15, -0.1) is 0 Å². The molecule has 4 heteroatoms. The van der Waals surface area contributed by atoms with Crippen LogP contribution < -0.4 is 0 Å². The van der Waals surface area contributed by atoms with E-state index < -0.39 is 0 Å². The molecule has 3 saturated carbocycles. The van der Waals surface area contributed by atoms with E-state index in [0.29, 0.717) is 82.3 Å². The predicted molar refractivity (Wildman–Crippen MR) is 210 cm³/mol. The van der Waals surface area contributed by atoms with Gasteiger partial charge in [0.25, 0.3) is 0 Å². The topological polar surface area (TPSA) is 68.3 Å². The minimum absolute atomic E-state index is 0.187. The van der Waals surface area contributed by atoms with Crippen LogP contribution in [0.1, 0.15) is 87.5 Å². The molecule has 0 amide bonds. The summed E-state index contributed by atoms with van der Waals surface area (Å²) < 4.78 is 0. The van der Waals surface area contributed by atoms with Crippen molar-refractivity contribution in [3.8, 4) is 0 Å². The van der Waals surface area contributed by atoms with E-state index in [-0.39, 0.29) is 23.7 Å². The van der Waals surface area contributed by atoms with Crippen LogP contribution in [-0.2, 0) is 19.2 Å². The average molecular weight is 693 g/mol. The summed E-state index contributed by atoms with van der Waals surface area (Å²) >= 11 is 0. The molecule has 0 saturated heterocycles. The Morgan fingerprint density at radius 1 is 0.373 bits per heavy atom. The molecule has 4 nitrogen and oxygen atoms in total. The van der Waals surface area contributed by atoms with Crippen LogP contribution in [0.5, 0.6) is 0 Å². The second-order valence-corrected chi connectivity index (χ2v) is 17.0. The molecule has 6 bridgehead atoms. The van der Waals surface area contributed by atoms with Gasteiger partial charge in [-0.25, -0.2) is 0 Å². The van der Waals surface area contributed by atoms with Crippen molar-refractivity contribution in [1.29, 1.82) is 0 Å². The zero-order valence-corrected chi connectivity index (χ0v) is 32.7. The molecule has 7 aliphatic rings. The van der Waals surface area contributed by atoms with E-state index in [4.69, 9.17) is 0 Å². The molecule has 0 aliphatic heterocycles. The normalized spacial score (nSPS) is 38.1. The van der Waals surface area contributed by atoms with Crippen molar-refractivity contribution >= 4 is 23.1 Å². The number of hydrogen-bond acceptors (Lipinski definition) is 4. The molecule has 0 aromatic heterocycles. The number of carbonyl (C=O) groups excluding carboxylic acids is 4. The Labute approximate surface area is 309 Å². The number of carbonyl (C=O) groups is 4. The van der Waals surface area contributed by atoms with E-state index in [0.717, 1.165) is 18.4 Å². The molecule has 276 valence electrons. The Morgan fingerprint density at radius 3 is 0.804 bits per heavy atom. The van der Waals surface area contributed by atoms with E-state index in [1.165, 1.54) is 36.0 Å². The standard InChI is InChI=1S/3C12H16O.C11H16O/c3*1-7(2)11-9-4-5-10(6-9)12(11)8(3)13;1-8(2)10-6-4-5-7-11(10)9(3)12/h3*4-5,9-12H,1,6H2,2-3H3;4-5,10-11H,1,6-7H2,2-3H3/t9?,10?,11?,12-;9?,10?,11-,12?;;10-,11+/m01.0/s1. The summed E-state index contributed by atoms with van der Waals surface area (Å²) in [4.78, 5) is 45.7. The smallest absolute Gasteiger partial charge is 0.134 e. The molecule has 7 aliphatic carbocycles. The molecule has 51 heavy (non-hydrogen) atoms. The predicted octanol–water partition coefficient (Wildman–Crippen LogP) is 10.5. The lowest BCUT2D eigenvalue weighted by molar-refractivity contribution is -0.123. The third-order valence-electron chi connectivity index (χ3n) is 13.1. The van der Waals surface area contributed by atoms with Gasteiger partial charge in [0.15, 0.2) is 0 Å². The first-order chi connectivity index (χ1) is 24.0. The zero-order valence-electron chi connectivity index (χ0n) is 32.7. The summed E-state index contributed by atoms with van der Waals surface area (Å²) in [5.41, 5.74) is 4.67. The van der Waals surface area contributed by atoms with Crippen LogP contribution in [0.2, 0.25) is 0 Å². The highest BCUT2D eigenvalue weighted by atomic mass is 16.1. The summed E-state index contributed by atoms with van der Waals surface area (Å²) in [6.07, 6.45) is 23.1. The van der Waals surface area contributed by atoms with Crippen molar-refractivity contribution < 1.29 is 19.2 Å². The second-order valence-electron chi connectivity index (χ2n) is 17.0. The fourth-order valence-corrected chi connectivity index (χ4v) is 11.0. The van der Waals surface area contributed by atoms with Gasteiger partial charge in [-0.05, 0) is 147 Å². The van der Waals surface area contributed by atoms with Crippen LogP contribution in [0.4, 0.5) is 0 Å². The molecule has 7 rings (SSSR count). The monoisotopic (exact) mass is 692 g/mol. The molecule has 14 atom stereocenters. The summed E-state index contributed by atoms with van der Waals surface area (Å²) in [5, 5.41) is 0. The van der Waals surface area contributed by atoms with E-state index in [1.807, 2.05) is 6.92 Å². The number of Topliss-reactive ketones (excluding diaryl/α,β-unsaturated/α-hetero) is 4. The first kappa shape index (κ1) is 40.4. The molecule has 0 radical (unpaired) electrons. The maximum absolute atomic E-state index is 11.5. The first-order valence-corrected chi connectivity index (χ1v) is 19.3. The van der Waals surface area contributed by atoms with Crippen LogP contribution >= 0.6 is 0 Å². The van der Waals surface area contributed by atoms with Gasteiger partial charge in [0.2, 0.25) is 0 Å². The summed E-state index contributed by atoms with van der Waals surface area (Å²) in [5.74, 6) is 7.13. The summed E-state index contributed by atoms with van der Waals surface area (Å²) in [6, 6.07) is 0. The maximum atomic E-state index is 11.5. The van der Waals surface area contributed by atoms with Crippen LogP contribution in [-0.4, -0.2) is 23.1 Å². The molecule has 0 spiro atoms. The van der Waals surface area contributed by atoms with E-state index >= 15 is 0 Å². The molecule has 3 fully saturated rings. The van der Waals surface area contributed by atoms with Crippen molar-refractivity contribution in [3.63, 3.8) is 0 Å². The van der Waals surface area contributed by atoms with Crippen molar-refractivity contribution in [2.24, 2.45) is 82.9 Å². The van der Waals surface area contributed by atoms with E-state index in [9.17, 15) is 19.2 Å². The fraction of sp³-hybridized carbons (Fsp3) is 0.574. The van der Waals surface area contributed by atoms with Crippen molar-refractivity contribution in [2.75, 3.05) is 0 Å². The minimum Gasteiger partial charge on any atom is -0.300 e. The largest absolute Gasteiger partial charge is 0.300 e. The van der Waals surface area contributed by atoms with Gasteiger partial charge in [0.1, 0.15) is 23.1 Å². The molecule has 0 N–H and O–H groups in total. The van der Waals surface area contributed by atoms with Gasteiger partial charge >= 0.3 is 0 Å². The number of ketones is 4. The quantitative estimate of drug-likeness (QED) is 0.238. The Balaban J connectivity index is 0.000000153. The molecule has 0 aromatic rings. The van der Waals surface area contributed by atoms with Crippen LogP contribution in [0.15, 0.2) is 97.2 Å². The second kappa shape index (κ2) is 17.0. The Kier molecular flexibility index (Phi) is 13.4. The van der Waals surface area contributed by atoms with Gasteiger partial charge in [-0.1, -0.05) is 97.2 Å². The Morgan fingerprint density at radius 2 is 0.627 bits per heavy atom. The number of hydrogen-bond donors (Lipinski definition) is 0. The van der Waals surface area contributed by atoms with Crippen molar-refractivity contribution in [2.45, 2.75) is 87.5 Å². The van der Waals surface area contributed by atoms with Crippen LogP contribution in [0.25, 0.3) is 0 Å². The number of rotatable bonds is 8. The van der Waals surface area contributed by atoms with Crippen LogP contribution in [0, 0.1) is 82.9 Å². The third-order valence-corrected chi connectivity index (χ3v) is 13.1. The lowest BCUT2D eigenvalue weighted by Gasteiger charge is -2.26. The highest BCUT2D eigenvalue weighted by Crippen LogP contribution is 2.52. The van der Waals surface area contributed by atoms with Crippen molar-refractivity contribution in [1.82, 2.24) is 0 Å². The summed E-state index contributed by atoms with van der Waals surface area (Å²) in [7, 11) is 0. The molecular weight excluding hydrogens is 629 g/mol. The highest BCUT2D eigenvalue weighted by Gasteiger charge is 2.48. The Hall–Kier alpha value is -3.40. The zero-order chi connectivity index (χ0) is 37.9. The highest BCUT2D eigenvalue weighted by molar-refractivity contribution is 5.82. The SMILES string of the molecule is C=C(C)C1C2C=CC(C2)C1C(C)=O.C=C(C)C1C2C=CC(C2)[C@@H]1C(C)=O.C=C(C)[C@@H]1C2C=CC(C2)C1C(C)=O.C=C(C)[C@@H]1CC=CC[C@@H]1C(C)=O. The fourth-order valence-electron chi connectivity index (χ4n) is 11.0. The molecular formula is C47H64O4. The first-order valence-electron chi connectivity index (χ1n) is 19.3. The Bertz CT molecular complexity index is 1300. The summed E-state index contributed by atoms with van der Waals surface area (Å²) in [6.45, 7) is 30.9. The van der Waals surface area contributed by atoms with Crippen molar-refractivity contribution in [3.05, 3.63) is 97.2 Å². The van der Waals surface area contributed by atoms with Crippen LogP contribution in [0.3, 0.4) is 0 Å². The number of allylic oxidation sites excluding steroid dienone is 12. The van der Waals surface area contributed by atoms with E-state index in [1.54, 1.807) is 27.7 Å². The lowest BCUT2D eigenvalue weighted by Crippen LogP contribution is -2.26. The molecule has 0 aromatic carbocycles. The van der Waals surface area contributed by atoms with Gasteiger partial charge in [-0.2, -0.15) is 0 Å². The average Bonchev–Trinajstić information content (AvgIpc) is 3.92.